The molecule has 1 amide bonds. The van der Waals surface area contributed by atoms with Gasteiger partial charge in [0.25, 0.3) is 5.91 Å². The first-order chi connectivity index (χ1) is 19.1. The number of nitrogens with one attached hydrogen (secondary N) is 2. The molecule has 3 aromatic rings. The first kappa shape index (κ1) is 26.3. The monoisotopic (exact) mass is 529 g/mol. The van der Waals surface area contributed by atoms with Gasteiger partial charge < -0.3 is 24.1 Å². The lowest BCUT2D eigenvalue weighted by Gasteiger charge is -2.22. The van der Waals surface area contributed by atoms with Gasteiger partial charge in [0, 0.05) is 31.6 Å². The Balaban J connectivity index is 1.28. The minimum Gasteiger partial charge on any atom is -0.494 e. The molecule has 2 aliphatic rings. The number of hydrazine groups is 1. The highest BCUT2D eigenvalue weighted by Gasteiger charge is 2.43. The largest absolute Gasteiger partial charge is 0.494 e. The third-order valence-corrected chi connectivity index (χ3v) is 6.36. The van der Waals surface area contributed by atoms with Crippen LogP contribution < -0.4 is 25.1 Å². The smallest absolute Gasteiger partial charge is 0.266 e. The van der Waals surface area contributed by atoms with Crippen LogP contribution in [0.25, 0.3) is 6.08 Å². The topological polar surface area (TPSA) is 111 Å². The number of aliphatic imine (C=N–C) groups is 1. The van der Waals surface area contributed by atoms with E-state index >= 15 is 0 Å². The molecule has 0 spiro atoms. The predicted octanol–water partition coefficient (Wildman–Crippen LogP) is 3.62. The minimum atomic E-state index is -1.14. The molecule has 2 aliphatic heterocycles. The Morgan fingerprint density at radius 3 is 2.67 bits per heavy atom. The standard InChI is InChI=1S/C30H31N3O6/c34-16-5-17-36-25-12-10-24(11-13-25)28-32-30(20-37-28,15-4-8-22-6-2-1-3-7-22)29(35)33-31-19-23-9-14-26-27(18-23)39-21-38-26/h1-4,6-14,18,31,34H,5,15-17,19-21H2,(H,33,35)/b8-4+/t30-/m0/s1. The maximum atomic E-state index is 13.5. The Kier molecular flexibility index (Phi) is 8.40. The van der Waals surface area contributed by atoms with Gasteiger partial charge in [0.2, 0.25) is 12.7 Å². The third kappa shape index (κ3) is 6.57. The highest BCUT2D eigenvalue weighted by molar-refractivity contribution is 6.00. The maximum Gasteiger partial charge on any atom is 0.266 e. The first-order valence-electron chi connectivity index (χ1n) is 12.9. The van der Waals surface area contributed by atoms with E-state index in [2.05, 4.69) is 10.9 Å². The zero-order valence-electron chi connectivity index (χ0n) is 21.5. The fourth-order valence-electron chi connectivity index (χ4n) is 4.20. The van der Waals surface area contributed by atoms with Gasteiger partial charge in [0.05, 0.1) is 6.61 Å². The third-order valence-electron chi connectivity index (χ3n) is 6.36. The summed E-state index contributed by atoms with van der Waals surface area (Å²) in [7, 11) is 0. The molecule has 0 saturated carbocycles. The summed E-state index contributed by atoms with van der Waals surface area (Å²) in [6.45, 7) is 1.23. The second-order valence-corrected chi connectivity index (χ2v) is 9.20. The van der Waals surface area contributed by atoms with Gasteiger partial charge in [0.15, 0.2) is 17.0 Å². The van der Waals surface area contributed by atoms with Crippen molar-refractivity contribution in [2.75, 3.05) is 26.6 Å². The number of nitrogens with zero attached hydrogens (tertiary/aromatic N) is 1. The molecule has 0 unspecified atom stereocenters. The summed E-state index contributed by atoms with van der Waals surface area (Å²) in [5.74, 6) is 2.19. The Hall–Kier alpha value is -4.34. The van der Waals surface area contributed by atoms with Crippen LogP contribution in [0.2, 0.25) is 0 Å². The number of hydrogen-bond donors (Lipinski definition) is 3. The number of ether oxygens (including phenoxy) is 4. The summed E-state index contributed by atoms with van der Waals surface area (Å²) < 4.78 is 22.4. The highest BCUT2D eigenvalue weighted by atomic mass is 16.7. The van der Waals surface area contributed by atoms with Gasteiger partial charge >= 0.3 is 0 Å². The molecular formula is C30H31N3O6. The lowest BCUT2D eigenvalue weighted by Crippen LogP contribution is -2.51. The van der Waals surface area contributed by atoms with Gasteiger partial charge in [-0.2, -0.15) is 0 Å². The number of benzene rings is 3. The van der Waals surface area contributed by atoms with Crippen molar-refractivity contribution < 1.29 is 28.8 Å². The summed E-state index contributed by atoms with van der Waals surface area (Å²) in [5.41, 5.74) is 7.41. The van der Waals surface area contributed by atoms with Gasteiger partial charge in [-0.15, -0.1) is 0 Å². The van der Waals surface area contributed by atoms with Crippen LogP contribution in [0, 0.1) is 0 Å². The fraction of sp³-hybridized carbons (Fsp3) is 0.267. The Bertz CT molecular complexity index is 1330. The Labute approximate surface area is 227 Å². The molecule has 0 radical (unpaired) electrons. The number of rotatable bonds is 12. The minimum absolute atomic E-state index is 0.0805. The van der Waals surface area contributed by atoms with Gasteiger partial charge in [-0.05, 0) is 47.5 Å². The molecule has 5 rings (SSSR count). The summed E-state index contributed by atoms with van der Waals surface area (Å²) in [5, 5.41) is 8.93. The number of carbonyl (C=O) groups is 1. The number of fused-ring (bicyclic) bond motifs is 1. The molecule has 202 valence electrons. The lowest BCUT2D eigenvalue weighted by atomic mass is 9.95. The van der Waals surface area contributed by atoms with Crippen molar-refractivity contribution in [1.29, 1.82) is 0 Å². The second-order valence-electron chi connectivity index (χ2n) is 9.20. The molecule has 0 aliphatic carbocycles. The number of amides is 1. The SMILES string of the molecule is O=C(NNCc1ccc2c(c1)OCO2)[C@]1(C/C=C/c2ccccc2)COC(c2ccc(OCCCO)cc2)=N1. The molecule has 0 aromatic heterocycles. The normalized spacial score (nSPS) is 17.6. The van der Waals surface area contributed by atoms with Gasteiger partial charge in [-0.1, -0.05) is 48.6 Å². The van der Waals surface area contributed by atoms with Crippen LogP contribution in [0.3, 0.4) is 0 Å². The van der Waals surface area contributed by atoms with Crippen molar-refractivity contribution in [3.8, 4) is 17.2 Å². The van der Waals surface area contributed by atoms with Crippen molar-refractivity contribution in [3.63, 3.8) is 0 Å². The van der Waals surface area contributed by atoms with Crippen LogP contribution in [0.4, 0.5) is 0 Å². The van der Waals surface area contributed by atoms with Crippen LogP contribution in [-0.4, -0.2) is 49.1 Å². The van der Waals surface area contributed by atoms with Gasteiger partial charge in [-0.25, -0.2) is 10.4 Å². The van der Waals surface area contributed by atoms with E-state index in [1.807, 2.05) is 84.9 Å². The Morgan fingerprint density at radius 1 is 1.03 bits per heavy atom. The summed E-state index contributed by atoms with van der Waals surface area (Å²) in [6, 6.07) is 22.9. The van der Waals surface area contributed by atoms with E-state index in [9.17, 15) is 4.79 Å². The molecule has 0 saturated heterocycles. The number of aliphatic hydroxyl groups excluding tert-OH is 1. The highest BCUT2D eigenvalue weighted by Crippen LogP contribution is 2.32. The van der Waals surface area contributed by atoms with Crippen molar-refractivity contribution in [3.05, 3.63) is 95.6 Å². The molecular weight excluding hydrogens is 498 g/mol. The van der Waals surface area contributed by atoms with Crippen molar-refractivity contribution in [2.45, 2.75) is 24.9 Å². The quantitative estimate of drug-likeness (QED) is 0.243. The van der Waals surface area contributed by atoms with Gasteiger partial charge in [-0.3, -0.25) is 10.2 Å². The van der Waals surface area contributed by atoms with Crippen molar-refractivity contribution in [2.24, 2.45) is 4.99 Å². The zero-order chi connectivity index (χ0) is 26.9. The van der Waals surface area contributed by atoms with Crippen molar-refractivity contribution >= 4 is 17.9 Å². The molecule has 0 bridgehead atoms. The first-order valence-corrected chi connectivity index (χ1v) is 12.9. The average Bonchev–Trinajstić information content (AvgIpc) is 3.62. The van der Waals surface area contributed by atoms with E-state index in [-0.39, 0.29) is 25.9 Å². The summed E-state index contributed by atoms with van der Waals surface area (Å²) in [4.78, 5) is 18.3. The Morgan fingerprint density at radius 2 is 1.85 bits per heavy atom. The lowest BCUT2D eigenvalue weighted by molar-refractivity contribution is -0.127. The molecule has 3 aromatic carbocycles. The fourth-order valence-corrected chi connectivity index (χ4v) is 4.20. The summed E-state index contributed by atoms with van der Waals surface area (Å²) >= 11 is 0. The molecule has 0 fully saturated rings. The number of aliphatic hydroxyl groups is 1. The van der Waals surface area contributed by atoms with Crippen LogP contribution in [0.5, 0.6) is 17.2 Å². The van der Waals surface area contributed by atoms with E-state index in [0.717, 1.165) is 16.7 Å². The summed E-state index contributed by atoms with van der Waals surface area (Å²) in [6.07, 6.45) is 4.83. The van der Waals surface area contributed by atoms with E-state index < -0.39 is 5.54 Å². The van der Waals surface area contributed by atoms with Crippen molar-refractivity contribution in [1.82, 2.24) is 10.9 Å². The molecule has 3 N–H and O–H groups in total. The van der Waals surface area contributed by atoms with Crippen LogP contribution in [0.15, 0.2) is 83.9 Å². The maximum absolute atomic E-state index is 13.5. The van der Waals surface area contributed by atoms with E-state index in [1.54, 1.807) is 0 Å². The second kappa shape index (κ2) is 12.5. The van der Waals surface area contributed by atoms with Crippen LogP contribution in [-0.2, 0) is 16.1 Å². The average molecular weight is 530 g/mol. The predicted molar refractivity (Wildman–Crippen MR) is 147 cm³/mol. The number of carbonyl (C=O) groups excluding carboxylic acids is 1. The van der Waals surface area contributed by atoms with E-state index in [1.165, 1.54) is 0 Å². The molecule has 1 atom stereocenters. The zero-order valence-corrected chi connectivity index (χ0v) is 21.5. The van der Waals surface area contributed by atoms with E-state index in [0.29, 0.717) is 49.1 Å². The molecule has 9 nitrogen and oxygen atoms in total. The molecule has 2 heterocycles. The molecule has 9 heteroatoms. The number of hydrogen-bond acceptors (Lipinski definition) is 8. The van der Waals surface area contributed by atoms with Gasteiger partial charge in [0.1, 0.15) is 12.4 Å². The van der Waals surface area contributed by atoms with E-state index in [4.69, 9.17) is 29.0 Å². The molecule has 39 heavy (non-hydrogen) atoms. The van der Waals surface area contributed by atoms with Crippen LogP contribution >= 0.6 is 0 Å². The van der Waals surface area contributed by atoms with Crippen LogP contribution in [0.1, 0.15) is 29.5 Å².